The van der Waals surface area contributed by atoms with E-state index in [-0.39, 0.29) is 6.61 Å². The molecule has 2 rings (SSSR count). The Bertz CT molecular complexity index is 550. The van der Waals surface area contributed by atoms with E-state index >= 15 is 0 Å². The van der Waals surface area contributed by atoms with Gasteiger partial charge in [0.2, 0.25) is 6.17 Å². The molecule has 1 saturated heterocycles. The maximum Gasteiger partial charge on any atom is 0.338 e. The Hall–Kier alpha value is -1.51. The molecule has 1 aliphatic heterocycles. The van der Waals surface area contributed by atoms with Gasteiger partial charge in [0.05, 0.1) is 5.56 Å². The first kappa shape index (κ1) is 16.9. The van der Waals surface area contributed by atoms with Crippen LogP contribution in [-0.4, -0.2) is 46.7 Å². The van der Waals surface area contributed by atoms with Gasteiger partial charge in [0.1, 0.15) is 12.7 Å². The molecule has 0 aromatic heterocycles. The average Bonchev–Trinajstić information content (AvgIpc) is 2.68. The predicted octanol–water partition coefficient (Wildman–Crippen LogP) is 1.55. The third kappa shape index (κ3) is 3.82. The highest BCUT2D eigenvalue weighted by Crippen LogP contribution is 2.38. The van der Waals surface area contributed by atoms with Gasteiger partial charge in [-0.1, -0.05) is 18.2 Å². The number of hydrogen-bond acceptors (Lipinski definition) is 6. The summed E-state index contributed by atoms with van der Waals surface area (Å²) >= 11 is 2.66. The van der Waals surface area contributed by atoms with Crippen LogP contribution in [0.4, 0.5) is 4.39 Å². The lowest BCUT2D eigenvalue weighted by Gasteiger charge is -2.18. The number of aliphatic hydroxyl groups is 1. The minimum absolute atomic E-state index is 0.315. The lowest BCUT2D eigenvalue weighted by Crippen LogP contribution is -2.38. The molecular formula is C14H14BrFO6. The molecular weight excluding hydrogens is 363 g/mol. The summed E-state index contributed by atoms with van der Waals surface area (Å²) in [6.45, 7) is 0.728. The van der Waals surface area contributed by atoms with E-state index in [9.17, 15) is 19.1 Å². The van der Waals surface area contributed by atoms with Crippen molar-refractivity contribution in [2.24, 2.45) is 0 Å². The molecule has 0 unspecified atom stereocenters. The standard InChI is InChI=1S/C14H14BrFO6/c1-8(17)21-11-10(22-14(15,19)12(11)16)7-20-13(18)9-5-3-2-4-6-9/h2-6,10-12,19H,7H2,1H3/t10-,11-,12+,14-/m1/s1. The van der Waals surface area contributed by atoms with Crippen molar-refractivity contribution in [3.05, 3.63) is 35.9 Å². The topological polar surface area (TPSA) is 82.1 Å². The van der Waals surface area contributed by atoms with Crippen molar-refractivity contribution >= 4 is 27.9 Å². The van der Waals surface area contributed by atoms with Crippen LogP contribution in [-0.2, 0) is 19.0 Å². The van der Waals surface area contributed by atoms with E-state index in [0.717, 1.165) is 6.92 Å². The van der Waals surface area contributed by atoms with Crippen molar-refractivity contribution in [2.75, 3.05) is 6.61 Å². The molecule has 1 N–H and O–H groups in total. The number of ether oxygens (including phenoxy) is 3. The Labute approximate surface area is 134 Å². The van der Waals surface area contributed by atoms with Gasteiger partial charge >= 0.3 is 11.9 Å². The average molecular weight is 377 g/mol. The Morgan fingerprint density at radius 2 is 2.05 bits per heavy atom. The zero-order valence-corrected chi connectivity index (χ0v) is 13.2. The fraction of sp³-hybridized carbons (Fsp3) is 0.429. The molecule has 0 radical (unpaired) electrons. The predicted molar refractivity (Wildman–Crippen MR) is 75.9 cm³/mol. The van der Waals surface area contributed by atoms with Gasteiger partial charge in [0.15, 0.2) is 6.10 Å². The number of carbonyl (C=O) groups is 2. The molecule has 0 spiro atoms. The summed E-state index contributed by atoms with van der Waals surface area (Å²) in [6, 6.07) is 8.19. The lowest BCUT2D eigenvalue weighted by molar-refractivity contribution is -0.153. The molecule has 1 aliphatic rings. The molecule has 1 aromatic rings. The van der Waals surface area contributed by atoms with E-state index in [2.05, 4.69) is 15.9 Å². The van der Waals surface area contributed by atoms with Gasteiger partial charge in [-0.25, -0.2) is 9.18 Å². The Kier molecular flexibility index (Phi) is 5.15. The van der Waals surface area contributed by atoms with Crippen LogP contribution in [0.25, 0.3) is 0 Å². The van der Waals surface area contributed by atoms with Crippen molar-refractivity contribution in [3.63, 3.8) is 0 Å². The molecule has 0 saturated carbocycles. The summed E-state index contributed by atoms with van der Waals surface area (Å²) in [6.07, 6.45) is -4.53. The van der Waals surface area contributed by atoms with Gasteiger partial charge in [-0.2, -0.15) is 0 Å². The molecule has 0 bridgehead atoms. The summed E-state index contributed by atoms with van der Waals surface area (Å²) in [5.41, 5.74) is 0.315. The summed E-state index contributed by atoms with van der Waals surface area (Å²) in [5.74, 6) is -1.37. The highest BCUT2D eigenvalue weighted by atomic mass is 79.9. The summed E-state index contributed by atoms with van der Waals surface area (Å²) in [7, 11) is 0. The first-order valence-corrected chi connectivity index (χ1v) is 7.23. The lowest BCUT2D eigenvalue weighted by atomic mass is 10.1. The second-order valence-corrected chi connectivity index (χ2v) is 5.84. The van der Waals surface area contributed by atoms with Crippen molar-refractivity contribution in [2.45, 2.75) is 30.0 Å². The molecule has 1 heterocycles. The molecule has 6 nitrogen and oxygen atoms in total. The highest BCUT2D eigenvalue weighted by molar-refractivity contribution is 9.10. The Balaban J connectivity index is 2.01. The van der Waals surface area contributed by atoms with E-state index in [4.69, 9.17) is 14.2 Å². The van der Waals surface area contributed by atoms with Crippen molar-refractivity contribution in [1.82, 2.24) is 0 Å². The number of benzene rings is 1. The van der Waals surface area contributed by atoms with Crippen LogP contribution in [0, 0.1) is 0 Å². The maximum absolute atomic E-state index is 14.0. The van der Waals surface area contributed by atoms with Crippen molar-refractivity contribution in [3.8, 4) is 0 Å². The van der Waals surface area contributed by atoms with Gasteiger partial charge in [-0.3, -0.25) is 4.79 Å². The minimum Gasteiger partial charge on any atom is -0.459 e. The van der Waals surface area contributed by atoms with Crippen LogP contribution >= 0.6 is 15.9 Å². The number of hydrogen-bond donors (Lipinski definition) is 1. The van der Waals surface area contributed by atoms with Gasteiger partial charge < -0.3 is 19.3 Å². The number of halogens is 2. The van der Waals surface area contributed by atoms with Crippen molar-refractivity contribution < 1.29 is 33.3 Å². The smallest absolute Gasteiger partial charge is 0.338 e. The molecule has 4 atom stereocenters. The molecule has 22 heavy (non-hydrogen) atoms. The van der Waals surface area contributed by atoms with E-state index in [0.29, 0.717) is 5.56 Å². The molecule has 0 aliphatic carbocycles. The number of alkyl halides is 2. The fourth-order valence-electron chi connectivity index (χ4n) is 2.01. The molecule has 1 aromatic carbocycles. The monoisotopic (exact) mass is 376 g/mol. The van der Waals surface area contributed by atoms with Gasteiger partial charge in [-0.05, 0) is 28.1 Å². The van der Waals surface area contributed by atoms with Crippen LogP contribution in [0.2, 0.25) is 0 Å². The molecule has 0 amide bonds. The number of esters is 2. The normalized spacial score (nSPS) is 30.8. The molecule has 120 valence electrons. The van der Waals surface area contributed by atoms with Crippen LogP contribution in [0.1, 0.15) is 17.3 Å². The Morgan fingerprint density at radius 3 is 2.64 bits per heavy atom. The van der Waals surface area contributed by atoms with E-state index in [1.807, 2.05) is 0 Å². The minimum atomic E-state index is -2.29. The largest absolute Gasteiger partial charge is 0.459 e. The van der Waals surface area contributed by atoms with Crippen LogP contribution in [0.5, 0.6) is 0 Å². The fourth-order valence-corrected chi connectivity index (χ4v) is 2.51. The third-order valence-electron chi connectivity index (χ3n) is 3.00. The number of rotatable bonds is 4. The Morgan fingerprint density at radius 1 is 1.41 bits per heavy atom. The van der Waals surface area contributed by atoms with Crippen molar-refractivity contribution in [1.29, 1.82) is 0 Å². The van der Waals surface area contributed by atoms with Gasteiger partial charge in [-0.15, -0.1) is 0 Å². The van der Waals surface area contributed by atoms with Gasteiger partial charge in [0, 0.05) is 6.92 Å². The summed E-state index contributed by atoms with van der Waals surface area (Å²) < 4.78 is 26.5. The van der Waals surface area contributed by atoms with Gasteiger partial charge in [0.25, 0.3) is 4.70 Å². The molecule has 8 heteroatoms. The first-order valence-electron chi connectivity index (χ1n) is 6.44. The first-order chi connectivity index (χ1) is 10.3. The third-order valence-corrected chi connectivity index (χ3v) is 3.63. The maximum atomic E-state index is 14.0. The van der Waals surface area contributed by atoms with Crippen LogP contribution in [0.15, 0.2) is 30.3 Å². The summed E-state index contributed by atoms with van der Waals surface area (Å²) in [5, 5.41) is 9.69. The second kappa shape index (κ2) is 6.72. The highest BCUT2D eigenvalue weighted by Gasteiger charge is 2.56. The second-order valence-electron chi connectivity index (χ2n) is 4.71. The molecule has 1 fully saturated rings. The SMILES string of the molecule is CC(=O)O[C@@H]1[C@@H](COC(=O)c2ccccc2)O[C@@](O)(Br)[C@H]1F. The summed E-state index contributed by atoms with van der Waals surface area (Å²) in [4.78, 5) is 22.8. The zero-order valence-electron chi connectivity index (χ0n) is 11.6. The van der Waals surface area contributed by atoms with E-state index < -0.39 is 35.0 Å². The van der Waals surface area contributed by atoms with E-state index in [1.54, 1.807) is 30.3 Å². The van der Waals surface area contributed by atoms with Crippen LogP contribution in [0.3, 0.4) is 0 Å². The quantitative estimate of drug-likeness (QED) is 0.634. The van der Waals surface area contributed by atoms with Crippen LogP contribution < -0.4 is 0 Å². The zero-order chi connectivity index (χ0) is 16.3. The number of carbonyl (C=O) groups excluding carboxylic acids is 2. The van der Waals surface area contributed by atoms with E-state index in [1.165, 1.54) is 0 Å².